The molecule has 0 atom stereocenters. The first-order chi connectivity index (χ1) is 9.51. The largest absolute Gasteiger partial charge is 0.359 e. The van der Waals surface area contributed by atoms with E-state index in [9.17, 15) is 9.59 Å². The minimum Gasteiger partial charge on any atom is -0.359 e. The van der Waals surface area contributed by atoms with Gasteiger partial charge in [-0.2, -0.15) is 0 Å². The summed E-state index contributed by atoms with van der Waals surface area (Å²) in [5, 5.41) is 3.60. The average molecular weight is 283 g/mol. The first kappa shape index (κ1) is 16.1. The van der Waals surface area contributed by atoms with Gasteiger partial charge in [0, 0.05) is 19.2 Å². The quantitative estimate of drug-likeness (QED) is 0.400. The molecule has 1 heterocycles. The summed E-state index contributed by atoms with van der Waals surface area (Å²) in [5.74, 6) is 5.04. The fourth-order valence-electron chi connectivity index (χ4n) is 1.80. The number of aromatic nitrogens is 1. The Morgan fingerprint density at radius 1 is 1.40 bits per heavy atom. The summed E-state index contributed by atoms with van der Waals surface area (Å²) in [6.45, 7) is 5.92. The molecule has 1 aromatic heterocycles. The standard InChI is InChI=1S/C12H21N5O3/c1-4-17(5-2)11(18)8-16(3)7-9-6-10(15-20-9)12(19)14-13/h6H,4-5,7-8,13H2,1-3H3,(H,14,19). The molecule has 0 unspecified atom stereocenters. The number of carbonyl (C=O) groups excluding carboxylic acids is 2. The van der Waals surface area contributed by atoms with Crippen LogP contribution >= 0.6 is 0 Å². The Hall–Kier alpha value is -1.93. The molecule has 0 bridgehead atoms. The summed E-state index contributed by atoms with van der Waals surface area (Å²) in [5.41, 5.74) is 2.09. The molecule has 0 fully saturated rings. The SMILES string of the molecule is CCN(CC)C(=O)CN(C)Cc1cc(C(=O)NN)no1. The van der Waals surface area contributed by atoms with Gasteiger partial charge in [0.25, 0.3) is 5.91 Å². The molecule has 0 spiro atoms. The fraction of sp³-hybridized carbons (Fsp3) is 0.583. The lowest BCUT2D eigenvalue weighted by Gasteiger charge is -2.22. The fourth-order valence-corrected chi connectivity index (χ4v) is 1.80. The maximum Gasteiger partial charge on any atom is 0.287 e. The lowest BCUT2D eigenvalue weighted by molar-refractivity contribution is -0.131. The molecule has 0 aliphatic heterocycles. The molecular weight excluding hydrogens is 262 g/mol. The predicted octanol–water partition coefficient (Wildman–Crippen LogP) is -0.422. The zero-order chi connectivity index (χ0) is 15.1. The highest BCUT2D eigenvalue weighted by atomic mass is 16.5. The van der Waals surface area contributed by atoms with Crippen LogP contribution in [-0.4, -0.2) is 53.5 Å². The van der Waals surface area contributed by atoms with Crippen molar-refractivity contribution in [2.45, 2.75) is 20.4 Å². The van der Waals surface area contributed by atoms with E-state index >= 15 is 0 Å². The molecule has 0 radical (unpaired) electrons. The number of carbonyl (C=O) groups is 2. The van der Waals surface area contributed by atoms with Gasteiger partial charge in [0.05, 0.1) is 13.1 Å². The summed E-state index contributed by atoms with van der Waals surface area (Å²) in [6.07, 6.45) is 0. The van der Waals surface area contributed by atoms with E-state index in [1.807, 2.05) is 19.3 Å². The van der Waals surface area contributed by atoms with E-state index in [4.69, 9.17) is 10.4 Å². The van der Waals surface area contributed by atoms with Crippen LogP contribution in [0.2, 0.25) is 0 Å². The van der Waals surface area contributed by atoms with E-state index in [2.05, 4.69) is 5.16 Å². The van der Waals surface area contributed by atoms with Crippen molar-refractivity contribution in [3.63, 3.8) is 0 Å². The molecule has 0 saturated carbocycles. The zero-order valence-corrected chi connectivity index (χ0v) is 12.0. The van der Waals surface area contributed by atoms with E-state index in [1.165, 1.54) is 6.07 Å². The van der Waals surface area contributed by atoms with Crippen LogP contribution in [-0.2, 0) is 11.3 Å². The van der Waals surface area contributed by atoms with Gasteiger partial charge in [-0.05, 0) is 20.9 Å². The van der Waals surface area contributed by atoms with Gasteiger partial charge in [-0.3, -0.25) is 19.9 Å². The van der Waals surface area contributed by atoms with Crippen molar-refractivity contribution in [1.29, 1.82) is 0 Å². The van der Waals surface area contributed by atoms with E-state index in [0.717, 1.165) is 0 Å². The molecular formula is C12H21N5O3. The zero-order valence-electron chi connectivity index (χ0n) is 12.0. The number of hydrogen-bond donors (Lipinski definition) is 2. The second kappa shape index (κ2) is 7.61. The smallest absolute Gasteiger partial charge is 0.287 e. The number of nitrogens with one attached hydrogen (secondary N) is 1. The molecule has 3 N–H and O–H groups in total. The van der Waals surface area contributed by atoms with Gasteiger partial charge < -0.3 is 9.42 Å². The van der Waals surface area contributed by atoms with Gasteiger partial charge in [-0.25, -0.2) is 5.84 Å². The Balaban J connectivity index is 2.54. The summed E-state index contributed by atoms with van der Waals surface area (Å²) in [4.78, 5) is 26.7. The highest BCUT2D eigenvalue weighted by Gasteiger charge is 2.16. The molecule has 8 heteroatoms. The van der Waals surface area contributed by atoms with Crippen LogP contribution in [0.4, 0.5) is 0 Å². The van der Waals surface area contributed by atoms with Crippen LogP contribution < -0.4 is 11.3 Å². The minimum absolute atomic E-state index is 0.0527. The second-order valence-corrected chi connectivity index (χ2v) is 4.39. The van der Waals surface area contributed by atoms with E-state index in [1.54, 1.807) is 16.8 Å². The van der Waals surface area contributed by atoms with Gasteiger partial charge >= 0.3 is 0 Å². The van der Waals surface area contributed by atoms with Gasteiger partial charge in [0.15, 0.2) is 11.5 Å². The first-order valence-corrected chi connectivity index (χ1v) is 6.44. The van der Waals surface area contributed by atoms with Crippen molar-refractivity contribution in [1.82, 2.24) is 20.4 Å². The average Bonchev–Trinajstić information content (AvgIpc) is 2.87. The molecule has 8 nitrogen and oxygen atoms in total. The number of nitrogen functional groups attached to an aromatic ring is 1. The van der Waals surface area contributed by atoms with Gasteiger partial charge in [0.2, 0.25) is 5.91 Å². The van der Waals surface area contributed by atoms with Crippen LogP contribution in [0.1, 0.15) is 30.1 Å². The third kappa shape index (κ3) is 4.32. The third-order valence-electron chi connectivity index (χ3n) is 2.87. The molecule has 1 rings (SSSR count). The summed E-state index contributed by atoms with van der Waals surface area (Å²) in [6, 6.07) is 1.50. The highest BCUT2D eigenvalue weighted by molar-refractivity contribution is 5.91. The van der Waals surface area contributed by atoms with E-state index in [0.29, 0.717) is 25.4 Å². The Morgan fingerprint density at radius 2 is 2.05 bits per heavy atom. The van der Waals surface area contributed by atoms with E-state index in [-0.39, 0.29) is 18.1 Å². The van der Waals surface area contributed by atoms with Gasteiger partial charge in [-0.1, -0.05) is 5.16 Å². The van der Waals surface area contributed by atoms with Crippen molar-refractivity contribution in [3.8, 4) is 0 Å². The monoisotopic (exact) mass is 283 g/mol. The maximum atomic E-state index is 11.9. The number of amides is 2. The Morgan fingerprint density at radius 3 is 2.60 bits per heavy atom. The van der Waals surface area contributed by atoms with Crippen molar-refractivity contribution in [3.05, 3.63) is 17.5 Å². The van der Waals surface area contributed by atoms with Crippen molar-refractivity contribution in [2.75, 3.05) is 26.7 Å². The van der Waals surface area contributed by atoms with Crippen LogP contribution in [0.25, 0.3) is 0 Å². The molecule has 0 aliphatic carbocycles. The highest BCUT2D eigenvalue weighted by Crippen LogP contribution is 2.06. The molecule has 0 saturated heterocycles. The second-order valence-electron chi connectivity index (χ2n) is 4.39. The van der Waals surface area contributed by atoms with Gasteiger partial charge in [0.1, 0.15) is 0 Å². The van der Waals surface area contributed by atoms with Crippen LogP contribution in [0.5, 0.6) is 0 Å². The lowest BCUT2D eigenvalue weighted by Crippen LogP contribution is -2.38. The first-order valence-electron chi connectivity index (χ1n) is 6.44. The molecule has 0 aliphatic rings. The van der Waals surface area contributed by atoms with Crippen LogP contribution in [0, 0.1) is 0 Å². The van der Waals surface area contributed by atoms with Crippen LogP contribution in [0.15, 0.2) is 10.6 Å². The minimum atomic E-state index is -0.512. The predicted molar refractivity (Wildman–Crippen MR) is 72.4 cm³/mol. The number of rotatable bonds is 7. The molecule has 2 amide bonds. The van der Waals surface area contributed by atoms with Crippen molar-refractivity contribution >= 4 is 11.8 Å². The van der Waals surface area contributed by atoms with E-state index < -0.39 is 5.91 Å². The number of likely N-dealkylation sites (N-methyl/N-ethyl adjacent to an activating group) is 2. The summed E-state index contributed by atoms with van der Waals surface area (Å²) >= 11 is 0. The van der Waals surface area contributed by atoms with Crippen molar-refractivity contribution < 1.29 is 14.1 Å². The Kier molecular flexibility index (Phi) is 6.13. The molecule has 20 heavy (non-hydrogen) atoms. The topological polar surface area (TPSA) is 105 Å². The number of nitrogens with zero attached hydrogens (tertiary/aromatic N) is 3. The number of nitrogens with two attached hydrogens (primary N) is 1. The summed E-state index contributed by atoms with van der Waals surface area (Å²) in [7, 11) is 1.80. The maximum absolute atomic E-state index is 11.9. The van der Waals surface area contributed by atoms with Gasteiger partial charge in [-0.15, -0.1) is 0 Å². The third-order valence-corrected chi connectivity index (χ3v) is 2.87. The molecule has 0 aromatic carbocycles. The van der Waals surface area contributed by atoms with Crippen LogP contribution in [0.3, 0.4) is 0 Å². The Bertz CT molecular complexity index is 456. The molecule has 112 valence electrons. The number of hydrazine groups is 1. The molecule has 1 aromatic rings. The van der Waals surface area contributed by atoms with Crippen molar-refractivity contribution in [2.24, 2.45) is 5.84 Å². The summed E-state index contributed by atoms with van der Waals surface area (Å²) < 4.78 is 5.02. The number of hydrogen-bond acceptors (Lipinski definition) is 6. The Labute approximate surface area is 117 Å². The normalized spacial score (nSPS) is 10.7. The lowest BCUT2D eigenvalue weighted by atomic mass is 10.3.